The highest BCUT2D eigenvalue weighted by Crippen LogP contribution is 2.59. The maximum atomic E-state index is 14.9. The summed E-state index contributed by atoms with van der Waals surface area (Å²) in [5.41, 5.74) is -2.43. The summed E-state index contributed by atoms with van der Waals surface area (Å²) >= 11 is 0. The third kappa shape index (κ3) is 7.71. The number of aliphatic hydroxyl groups excluding tert-OH is 1. The minimum atomic E-state index is -2.47. The molecule has 3 fully saturated rings. The van der Waals surface area contributed by atoms with Crippen molar-refractivity contribution in [1.29, 1.82) is 0 Å². The van der Waals surface area contributed by atoms with E-state index in [2.05, 4.69) is 33.9 Å². The molecule has 2 N–H and O–H groups in total. The Labute approximate surface area is 295 Å². The Morgan fingerprint density at radius 2 is 1.69 bits per heavy atom. The Morgan fingerprint density at radius 3 is 2.20 bits per heavy atom. The lowest BCUT2D eigenvalue weighted by Crippen LogP contribution is -2.62. The number of carbonyl (C=O) groups excluding carboxylic acids is 1. The van der Waals surface area contributed by atoms with E-state index in [1.165, 1.54) is 0 Å². The molecule has 0 amide bonds. The molecule has 1 saturated heterocycles. The largest absolute Gasteiger partial charge is 0.497 e. The standard InChI is InChI=1S/C38H64O10Si/c1-24-29(37(22-46-36(8,9)48-37)33(25(2)39)44-21-26-14-16-27(43-11)17-15-26)20-30(47-49(12,13)34(3,4)5)38(41)19-18-28(35(38,6)7)32(31(24)40)45-23-42-10/h14-17,24-25,28-30,32-33,39,41H,18-23H2,1-13H3/t24-,25-,28-,29+,30+,32-,33+,37-,38+/m1/s1. The maximum Gasteiger partial charge on any atom is 0.192 e. The topological polar surface area (TPSA) is 122 Å². The molecule has 1 heterocycles. The molecule has 1 aromatic rings. The van der Waals surface area contributed by atoms with Gasteiger partial charge in [0.05, 0.1) is 38.1 Å². The predicted octanol–water partition coefficient (Wildman–Crippen LogP) is 6.25. The monoisotopic (exact) mass is 708 g/mol. The van der Waals surface area contributed by atoms with E-state index in [4.69, 9.17) is 32.8 Å². The molecule has 10 nitrogen and oxygen atoms in total. The second-order valence-electron chi connectivity index (χ2n) is 17.3. The normalized spacial score (nSPS) is 34.6. The fraction of sp³-hybridized carbons (Fsp3) is 0.816. The highest BCUT2D eigenvalue weighted by atomic mass is 28.4. The first kappa shape index (κ1) is 40.4. The molecule has 0 unspecified atom stereocenters. The minimum Gasteiger partial charge on any atom is -0.497 e. The molecule has 11 heteroatoms. The lowest BCUT2D eigenvalue weighted by molar-refractivity contribution is -0.238. The third-order valence-electron chi connectivity index (χ3n) is 12.4. The molecular formula is C38H64O10Si. The van der Waals surface area contributed by atoms with Crippen LogP contribution in [0.3, 0.4) is 0 Å². The van der Waals surface area contributed by atoms with Crippen LogP contribution in [0, 0.1) is 23.2 Å². The number of Topliss-reactive ketones (excluding diaryl/α,β-unsaturated/α-hetero) is 1. The maximum absolute atomic E-state index is 14.9. The number of benzene rings is 1. The van der Waals surface area contributed by atoms with Crippen LogP contribution in [0.2, 0.25) is 18.1 Å². The van der Waals surface area contributed by atoms with Crippen molar-refractivity contribution in [2.75, 3.05) is 27.6 Å². The zero-order chi connectivity index (χ0) is 36.8. The van der Waals surface area contributed by atoms with Crippen molar-refractivity contribution in [2.45, 2.75) is 148 Å². The van der Waals surface area contributed by atoms with Gasteiger partial charge in [-0.2, -0.15) is 0 Å². The average Bonchev–Trinajstić information content (AvgIpc) is 3.46. The molecule has 280 valence electrons. The second-order valence-corrected chi connectivity index (χ2v) is 22.0. The molecule has 0 radical (unpaired) electrons. The van der Waals surface area contributed by atoms with Gasteiger partial charge < -0.3 is 43.1 Å². The van der Waals surface area contributed by atoms with Gasteiger partial charge >= 0.3 is 0 Å². The summed E-state index contributed by atoms with van der Waals surface area (Å²) in [5, 5.41) is 24.4. The van der Waals surface area contributed by atoms with E-state index in [0.717, 1.165) is 11.3 Å². The number of fused-ring (bicyclic) bond motifs is 2. The second kappa shape index (κ2) is 14.5. The fourth-order valence-electron chi connectivity index (χ4n) is 8.34. The van der Waals surface area contributed by atoms with E-state index in [1.807, 2.05) is 58.9 Å². The van der Waals surface area contributed by atoms with Gasteiger partial charge in [0.1, 0.15) is 30.4 Å². The van der Waals surface area contributed by atoms with E-state index in [9.17, 15) is 15.0 Å². The summed E-state index contributed by atoms with van der Waals surface area (Å²) in [6.45, 7) is 22.5. The van der Waals surface area contributed by atoms with Crippen LogP contribution >= 0.6 is 0 Å². The van der Waals surface area contributed by atoms with Crippen molar-refractivity contribution in [2.24, 2.45) is 23.2 Å². The van der Waals surface area contributed by atoms with Gasteiger partial charge in [-0.1, -0.05) is 53.7 Å². The Hall–Kier alpha value is -1.41. The molecule has 3 aliphatic rings. The highest BCUT2D eigenvalue weighted by molar-refractivity contribution is 6.74. The summed E-state index contributed by atoms with van der Waals surface area (Å²) in [6, 6.07) is 7.57. The van der Waals surface area contributed by atoms with E-state index >= 15 is 0 Å². The molecule has 0 spiro atoms. The average molecular weight is 709 g/mol. The van der Waals surface area contributed by atoms with Crippen LogP contribution in [0.25, 0.3) is 0 Å². The molecule has 1 aliphatic heterocycles. The first-order chi connectivity index (χ1) is 22.6. The van der Waals surface area contributed by atoms with Crippen molar-refractivity contribution in [3.63, 3.8) is 0 Å². The first-order valence-electron chi connectivity index (χ1n) is 17.9. The number of ether oxygens (including phenoxy) is 6. The summed E-state index contributed by atoms with van der Waals surface area (Å²) < 4.78 is 44.1. The summed E-state index contributed by atoms with van der Waals surface area (Å²) in [6.07, 6.45) is -2.02. The van der Waals surface area contributed by atoms with Crippen LogP contribution in [0.5, 0.6) is 5.75 Å². The third-order valence-corrected chi connectivity index (χ3v) is 16.9. The Morgan fingerprint density at radius 1 is 1.06 bits per heavy atom. The number of ketones is 1. The lowest BCUT2D eigenvalue weighted by Gasteiger charge is -2.52. The van der Waals surface area contributed by atoms with Crippen molar-refractivity contribution in [3.8, 4) is 5.75 Å². The Balaban J connectivity index is 1.90. The molecule has 9 atom stereocenters. The molecule has 49 heavy (non-hydrogen) atoms. The van der Waals surface area contributed by atoms with Gasteiger partial charge in [0.2, 0.25) is 0 Å². The zero-order valence-electron chi connectivity index (χ0n) is 32.3. The molecule has 1 aromatic carbocycles. The van der Waals surface area contributed by atoms with Crippen LogP contribution in [0.4, 0.5) is 0 Å². The Bertz CT molecular complexity index is 1270. The number of hydrogen-bond acceptors (Lipinski definition) is 10. The molecule has 4 rings (SSSR count). The number of rotatable bonds is 12. The van der Waals surface area contributed by atoms with Gasteiger partial charge in [-0.15, -0.1) is 0 Å². The number of carbonyl (C=O) groups is 1. The summed E-state index contributed by atoms with van der Waals surface area (Å²) in [4.78, 5) is 14.9. The van der Waals surface area contributed by atoms with Crippen LogP contribution in [-0.2, 0) is 39.5 Å². The van der Waals surface area contributed by atoms with Gasteiger partial charge in [-0.3, -0.25) is 4.79 Å². The molecule has 0 aromatic heterocycles. The van der Waals surface area contributed by atoms with Gasteiger partial charge in [0, 0.05) is 30.3 Å². The van der Waals surface area contributed by atoms with Gasteiger partial charge in [-0.05, 0) is 75.9 Å². The van der Waals surface area contributed by atoms with Gasteiger partial charge in [0.15, 0.2) is 19.9 Å². The lowest BCUT2D eigenvalue weighted by atomic mass is 9.66. The van der Waals surface area contributed by atoms with Crippen LogP contribution in [0.1, 0.15) is 87.1 Å². The van der Waals surface area contributed by atoms with Gasteiger partial charge in [-0.25, -0.2) is 0 Å². The van der Waals surface area contributed by atoms with Crippen molar-refractivity contribution < 1.29 is 47.9 Å². The fourth-order valence-corrected chi connectivity index (χ4v) is 9.70. The Kier molecular flexibility index (Phi) is 12.0. The molecule has 2 aliphatic carbocycles. The first-order valence-corrected chi connectivity index (χ1v) is 20.8. The SMILES string of the molecule is COCO[C@H]1C(=O)[C@H](C)[C@@H]([C@@]2([C@@H](OCc3ccc(OC)cc3)[C@@H](C)O)COC(C)(C)O2)C[C@H](O[Si](C)(C)C(C)(C)C)[C@@]2(O)CC[C@H]1C2(C)C. The van der Waals surface area contributed by atoms with E-state index in [-0.39, 0.29) is 43.2 Å². The van der Waals surface area contributed by atoms with Crippen molar-refractivity contribution in [1.82, 2.24) is 0 Å². The molecular weight excluding hydrogens is 644 g/mol. The zero-order valence-corrected chi connectivity index (χ0v) is 33.3. The van der Waals surface area contributed by atoms with Gasteiger partial charge in [0.25, 0.3) is 0 Å². The number of hydrogen-bond donors (Lipinski definition) is 2. The van der Waals surface area contributed by atoms with E-state index < -0.39 is 67.0 Å². The highest BCUT2D eigenvalue weighted by Gasteiger charge is 2.67. The van der Waals surface area contributed by atoms with Crippen LogP contribution in [0.15, 0.2) is 24.3 Å². The minimum absolute atomic E-state index is 0.0538. The van der Waals surface area contributed by atoms with Crippen molar-refractivity contribution in [3.05, 3.63) is 29.8 Å². The quantitative estimate of drug-likeness (QED) is 0.190. The van der Waals surface area contributed by atoms with Crippen LogP contribution < -0.4 is 4.74 Å². The van der Waals surface area contributed by atoms with E-state index in [0.29, 0.717) is 12.8 Å². The summed E-state index contributed by atoms with van der Waals surface area (Å²) in [7, 11) is 0.689. The van der Waals surface area contributed by atoms with Crippen LogP contribution in [-0.4, -0.2) is 93.3 Å². The molecule has 2 bridgehead atoms. The van der Waals surface area contributed by atoms with Crippen molar-refractivity contribution >= 4 is 14.1 Å². The molecule has 2 saturated carbocycles. The van der Waals surface area contributed by atoms with E-state index in [1.54, 1.807) is 21.1 Å². The smallest absolute Gasteiger partial charge is 0.192 e. The number of methoxy groups -OCH3 is 2. The summed E-state index contributed by atoms with van der Waals surface area (Å²) in [5.74, 6) is -1.92. The number of aliphatic hydroxyl groups is 2. The predicted molar refractivity (Wildman–Crippen MR) is 190 cm³/mol.